The Morgan fingerprint density at radius 3 is 0.677 bits per heavy atom. The van der Waals surface area contributed by atoms with Gasteiger partial charge in [0.15, 0.2) is 0 Å². The second kappa shape index (κ2) is 29.5. The number of rotatable bonds is 18. The third-order valence-electron chi connectivity index (χ3n) is 5.30. The minimum Gasteiger partial charge on any atom is -0.264 e. The number of hydrogen-bond acceptors (Lipinski definition) is 2. The zero-order valence-electron chi connectivity index (χ0n) is 21.8. The monoisotopic (exact) mass is 680 g/mol. The molecule has 0 aliphatic rings. The fraction of sp³-hybridized carbons (Fsp3) is 1.00. The van der Waals surface area contributed by atoms with Gasteiger partial charge in [0.2, 0.25) is 0 Å². The molecular formula is C24H56O4SSn2. The molecule has 2 radical (unpaired) electrons. The van der Waals surface area contributed by atoms with Gasteiger partial charge in [-0.05, 0) is 0 Å². The SMILES string of the molecule is CCC[CH2][Sn]([CH2]CCC)[CH2]CCC.CCC[CH2][Sn]([CH2]CCC)[CH2]CCC.O=S(=O)(O)O. The average Bonchev–Trinajstić information content (AvgIpc) is 2.72. The Morgan fingerprint density at radius 2 is 0.581 bits per heavy atom. The summed E-state index contributed by atoms with van der Waals surface area (Å²) < 4.78 is 41.7. The Labute approximate surface area is 211 Å². The smallest absolute Gasteiger partial charge is 0.264 e. The first kappa shape index (κ1) is 37.0. The first-order valence-corrected chi connectivity index (χ1v) is 26.6. The molecule has 7 heteroatoms. The van der Waals surface area contributed by atoms with Gasteiger partial charge in [-0.3, -0.25) is 9.11 Å². The molecule has 0 aromatic heterocycles. The fourth-order valence-electron chi connectivity index (χ4n) is 3.31. The predicted octanol–water partition coefficient (Wildman–Crippen LogP) is 9.11. The van der Waals surface area contributed by atoms with Gasteiger partial charge in [0.1, 0.15) is 0 Å². The van der Waals surface area contributed by atoms with Gasteiger partial charge in [-0.25, -0.2) is 0 Å². The minimum atomic E-state index is -4.67. The first-order valence-electron chi connectivity index (χ1n) is 13.1. The summed E-state index contributed by atoms with van der Waals surface area (Å²) in [6.07, 6.45) is 17.7. The molecule has 0 spiro atoms. The number of unbranched alkanes of at least 4 members (excludes halogenated alkanes) is 6. The van der Waals surface area contributed by atoms with Crippen LogP contribution < -0.4 is 0 Å². The molecule has 0 atom stereocenters. The second-order valence-corrected chi connectivity index (χ2v) is 26.6. The molecule has 2 N–H and O–H groups in total. The van der Waals surface area contributed by atoms with Crippen molar-refractivity contribution in [1.82, 2.24) is 0 Å². The quantitative estimate of drug-likeness (QED) is 0.112. The van der Waals surface area contributed by atoms with Crippen LogP contribution in [0.5, 0.6) is 0 Å². The van der Waals surface area contributed by atoms with Crippen LogP contribution in [0.1, 0.15) is 119 Å². The van der Waals surface area contributed by atoms with E-state index in [-0.39, 0.29) is 0 Å². The van der Waals surface area contributed by atoms with Crippen molar-refractivity contribution in [2.45, 2.75) is 145 Å². The summed E-state index contributed by atoms with van der Waals surface area (Å²) in [6, 6.07) is 0. The molecule has 0 fully saturated rings. The van der Waals surface area contributed by atoms with Crippen LogP contribution >= 0.6 is 0 Å². The minimum absolute atomic E-state index is 0.839. The first-order chi connectivity index (χ1) is 14.7. The molecular weight excluding hydrogens is 622 g/mol. The maximum atomic E-state index is 8.74. The van der Waals surface area contributed by atoms with Gasteiger partial charge in [0.25, 0.3) is 0 Å². The van der Waals surface area contributed by atoms with E-state index in [1.807, 2.05) is 0 Å². The van der Waals surface area contributed by atoms with E-state index in [0.717, 1.165) is 0 Å². The van der Waals surface area contributed by atoms with E-state index in [4.69, 9.17) is 17.5 Å². The Bertz CT molecular complexity index is 350. The van der Waals surface area contributed by atoms with Crippen LogP contribution in [0.4, 0.5) is 0 Å². The van der Waals surface area contributed by atoms with E-state index in [2.05, 4.69) is 41.5 Å². The molecule has 0 unspecified atom stereocenters. The van der Waals surface area contributed by atoms with Crippen molar-refractivity contribution >= 4 is 49.9 Å². The van der Waals surface area contributed by atoms with Crippen LogP contribution in [0, 0.1) is 0 Å². The summed E-state index contributed by atoms with van der Waals surface area (Å²) >= 11 is -1.68. The van der Waals surface area contributed by atoms with Gasteiger partial charge in [-0.2, -0.15) is 8.42 Å². The van der Waals surface area contributed by atoms with Crippen molar-refractivity contribution in [3.8, 4) is 0 Å². The van der Waals surface area contributed by atoms with E-state index in [0.29, 0.717) is 0 Å². The number of hydrogen-bond donors (Lipinski definition) is 2. The normalized spacial score (nSPS) is 11.2. The Balaban J connectivity index is -0.000000416. The molecule has 31 heavy (non-hydrogen) atoms. The Kier molecular flexibility index (Phi) is 35.2. The van der Waals surface area contributed by atoms with Crippen LogP contribution in [0.2, 0.25) is 26.6 Å². The van der Waals surface area contributed by atoms with Crippen molar-refractivity contribution in [1.29, 1.82) is 0 Å². The zero-order valence-corrected chi connectivity index (χ0v) is 28.4. The Morgan fingerprint density at radius 1 is 0.452 bits per heavy atom. The largest absolute Gasteiger partial charge is 0.394 e. The van der Waals surface area contributed by atoms with E-state index in [1.165, 1.54) is 77.0 Å². The third-order valence-corrected chi connectivity index (χ3v) is 23.5. The molecule has 0 rings (SSSR count). The zero-order chi connectivity index (χ0) is 24.4. The van der Waals surface area contributed by atoms with E-state index in [9.17, 15) is 0 Å². The van der Waals surface area contributed by atoms with Gasteiger partial charge >= 0.3 is 195 Å². The van der Waals surface area contributed by atoms with E-state index < -0.39 is 49.9 Å². The van der Waals surface area contributed by atoms with Crippen LogP contribution in [-0.4, -0.2) is 57.0 Å². The molecule has 0 heterocycles. The van der Waals surface area contributed by atoms with Crippen molar-refractivity contribution in [2.75, 3.05) is 0 Å². The van der Waals surface area contributed by atoms with Crippen molar-refractivity contribution in [2.24, 2.45) is 0 Å². The summed E-state index contributed by atoms with van der Waals surface area (Å²) in [5, 5.41) is 0. The van der Waals surface area contributed by atoms with Crippen LogP contribution in [0.3, 0.4) is 0 Å². The van der Waals surface area contributed by atoms with E-state index in [1.54, 1.807) is 26.6 Å². The average molecular weight is 678 g/mol. The van der Waals surface area contributed by atoms with Crippen molar-refractivity contribution in [3.05, 3.63) is 0 Å². The third kappa shape index (κ3) is 42.1. The van der Waals surface area contributed by atoms with Gasteiger partial charge < -0.3 is 0 Å². The van der Waals surface area contributed by atoms with Gasteiger partial charge in [-0.15, -0.1) is 0 Å². The molecule has 0 aromatic rings. The standard InChI is InChI=1S/6C4H9.H2O4S.2Sn/c6*1-3-4-2;1-5(2,3)4;;/h6*1,3-4H2,2H3;(H2,1,2,3,4);;. The molecule has 0 saturated carbocycles. The molecule has 0 aliphatic heterocycles. The summed E-state index contributed by atoms with van der Waals surface area (Å²) in [5.74, 6) is 0. The molecule has 0 saturated heterocycles. The molecule has 4 nitrogen and oxygen atoms in total. The fourth-order valence-corrected chi connectivity index (χ4v) is 22.2. The van der Waals surface area contributed by atoms with Gasteiger partial charge in [-0.1, -0.05) is 0 Å². The van der Waals surface area contributed by atoms with Crippen molar-refractivity contribution < 1.29 is 17.5 Å². The molecule has 190 valence electrons. The summed E-state index contributed by atoms with van der Waals surface area (Å²) in [6.45, 7) is 14.0. The van der Waals surface area contributed by atoms with Crippen molar-refractivity contribution in [3.63, 3.8) is 0 Å². The van der Waals surface area contributed by atoms with Crippen LogP contribution in [0.15, 0.2) is 0 Å². The van der Waals surface area contributed by atoms with Gasteiger partial charge in [0.05, 0.1) is 0 Å². The van der Waals surface area contributed by atoms with Crippen LogP contribution in [0.25, 0.3) is 0 Å². The summed E-state index contributed by atoms with van der Waals surface area (Å²) in [4.78, 5) is 0. The van der Waals surface area contributed by atoms with Crippen LogP contribution in [-0.2, 0) is 10.4 Å². The second-order valence-electron chi connectivity index (χ2n) is 8.57. The Hall–Kier alpha value is 1.47. The van der Waals surface area contributed by atoms with Gasteiger partial charge in [0, 0.05) is 0 Å². The molecule has 0 aliphatic carbocycles. The maximum absolute atomic E-state index is 8.74. The molecule has 0 bridgehead atoms. The predicted molar refractivity (Wildman–Crippen MR) is 144 cm³/mol. The summed E-state index contributed by atoms with van der Waals surface area (Å²) in [7, 11) is -4.67. The van der Waals surface area contributed by atoms with E-state index >= 15 is 0 Å². The maximum Gasteiger partial charge on any atom is 0.394 e. The summed E-state index contributed by atoms with van der Waals surface area (Å²) in [5.41, 5.74) is 0. The molecule has 0 aromatic carbocycles. The molecule has 0 amide bonds. The topological polar surface area (TPSA) is 74.6 Å².